The Balaban J connectivity index is 1.16. The normalized spacial score (nSPS) is 24.3. The van der Waals surface area contributed by atoms with E-state index in [0.29, 0.717) is 0 Å². The summed E-state index contributed by atoms with van der Waals surface area (Å²) in [4.78, 5) is 0. The highest BCUT2D eigenvalue weighted by molar-refractivity contribution is 5.29. The fourth-order valence-electron chi connectivity index (χ4n) is 7.16. The molecule has 2 saturated carbocycles. The topological polar surface area (TPSA) is 0 Å². The second-order valence-corrected chi connectivity index (χ2v) is 12.5. The summed E-state index contributed by atoms with van der Waals surface area (Å²) in [7, 11) is 0. The van der Waals surface area contributed by atoms with Crippen LogP contribution >= 0.6 is 0 Å². The zero-order chi connectivity index (χ0) is 25.7. The average Bonchev–Trinajstić information content (AvgIpc) is 2.96. The largest absolute Gasteiger partial charge is 0.251 e. The number of rotatable bonds is 14. The molecule has 0 saturated heterocycles. The summed E-state index contributed by atoms with van der Waals surface area (Å²) in [6.45, 7) is 2.16. The van der Waals surface area contributed by atoms with Crippen molar-refractivity contribution in [3.63, 3.8) is 0 Å². The number of hydrogen-bond acceptors (Lipinski definition) is 0. The number of alkyl halides is 1. The van der Waals surface area contributed by atoms with E-state index in [1.54, 1.807) is 5.56 Å². The maximum Gasteiger partial charge on any atom is 0.0894 e. The Hall–Kier alpha value is -1.63. The summed E-state index contributed by atoms with van der Waals surface area (Å²) in [5, 5.41) is 0. The molecular weight excluding hydrogens is 451 g/mol. The smallest absolute Gasteiger partial charge is 0.0894 e. The van der Waals surface area contributed by atoms with E-state index in [9.17, 15) is 4.39 Å². The van der Waals surface area contributed by atoms with Crippen molar-refractivity contribution in [3.8, 4) is 0 Å². The lowest BCUT2D eigenvalue weighted by Crippen LogP contribution is -2.13. The highest BCUT2D eigenvalue weighted by atomic mass is 19.1. The van der Waals surface area contributed by atoms with Gasteiger partial charge in [-0.1, -0.05) is 100 Å². The number of halogens is 1. The quantitative estimate of drug-likeness (QED) is 0.224. The van der Waals surface area contributed by atoms with Crippen molar-refractivity contribution in [3.05, 3.63) is 70.8 Å². The molecule has 4 rings (SSSR count). The summed E-state index contributed by atoms with van der Waals surface area (Å²) in [5.41, 5.74) is 6.05. The van der Waals surface area contributed by atoms with Crippen LogP contribution in [0.4, 0.5) is 4.39 Å². The average molecular weight is 505 g/mol. The van der Waals surface area contributed by atoms with Crippen LogP contribution in [0, 0.1) is 11.8 Å². The molecule has 0 spiro atoms. The van der Waals surface area contributed by atoms with Crippen LogP contribution in [0.15, 0.2) is 48.5 Å². The summed E-state index contributed by atoms with van der Waals surface area (Å²) in [6.07, 6.45) is 23.4. The number of benzene rings is 2. The van der Waals surface area contributed by atoms with Gasteiger partial charge in [0.15, 0.2) is 0 Å². The number of hydrogen-bond donors (Lipinski definition) is 0. The third-order valence-electron chi connectivity index (χ3n) is 9.76. The van der Waals surface area contributed by atoms with E-state index in [2.05, 4.69) is 55.5 Å². The van der Waals surface area contributed by atoms with Crippen LogP contribution in [0.1, 0.15) is 144 Å². The monoisotopic (exact) mass is 504 g/mol. The van der Waals surface area contributed by atoms with Gasteiger partial charge in [0.1, 0.15) is 0 Å². The molecule has 2 fully saturated rings. The van der Waals surface area contributed by atoms with Crippen LogP contribution in [0.3, 0.4) is 0 Å². The molecule has 0 N–H and O–H groups in total. The maximum absolute atomic E-state index is 12.4. The lowest BCUT2D eigenvalue weighted by Gasteiger charge is -2.29. The number of unbranched alkanes of at least 4 members (excludes halogenated alkanes) is 4. The van der Waals surface area contributed by atoms with Crippen LogP contribution in [0.25, 0.3) is 0 Å². The Kier molecular flexibility index (Phi) is 12.0. The molecule has 0 unspecified atom stereocenters. The second-order valence-electron chi connectivity index (χ2n) is 12.5. The van der Waals surface area contributed by atoms with Crippen LogP contribution in [0.2, 0.25) is 0 Å². The lowest BCUT2D eigenvalue weighted by molar-refractivity contribution is 0.298. The third-order valence-corrected chi connectivity index (χ3v) is 9.76. The van der Waals surface area contributed by atoms with Crippen LogP contribution in [0.5, 0.6) is 0 Å². The third kappa shape index (κ3) is 9.26. The van der Waals surface area contributed by atoms with E-state index in [4.69, 9.17) is 0 Å². The van der Waals surface area contributed by atoms with E-state index >= 15 is 0 Å². The van der Waals surface area contributed by atoms with Gasteiger partial charge in [0, 0.05) is 0 Å². The maximum atomic E-state index is 12.4. The highest BCUT2D eigenvalue weighted by Crippen LogP contribution is 2.39. The zero-order valence-corrected chi connectivity index (χ0v) is 23.7. The summed E-state index contributed by atoms with van der Waals surface area (Å²) in [6, 6.07) is 19.2. The molecule has 0 nitrogen and oxygen atoms in total. The van der Waals surface area contributed by atoms with Crippen LogP contribution < -0.4 is 0 Å². The first-order valence-corrected chi connectivity index (χ1v) is 16.0. The minimum atomic E-state index is -0.146. The van der Waals surface area contributed by atoms with Gasteiger partial charge in [-0.25, -0.2) is 0 Å². The lowest BCUT2D eigenvalue weighted by atomic mass is 9.77. The van der Waals surface area contributed by atoms with Gasteiger partial charge in [-0.3, -0.25) is 4.39 Å². The molecular formula is C36H53F. The Morgan fingerprint density at radius 2 is 0.973 bits per heavy atom. The minimum absolute atomic E-state index is 0.146. The molecule has 0 radical (unpaired) electrons. The molecule has 0 bridgehead atoms. The molecule has 2 aliphatic carbocycles. The fourth-order valence-corrected chi connectivity index (χ4v) is 7.16. The SMILES string of the molecule is CCCCCC[C@H]1CC[C@H](c2ccc(CCc3ccc([C@H]4CC[C@H](CCCCF)CC4)cc3)cc2)CC1. The van der Waals surface area contributed by atoms with Gasteiger partial charge >= 0.3 is 0 Å². The Morgan fingerprint density at radius 1 is 0.541 bits per heavy atom. The second kappa shape index (κ2) is 15.7. The van der Waals surface area contributed by atoms with Gasteiger partial charge < -0.3 is 0 Å². The van der Waals surface area contributed by atoms with Crippen molar-refractivity contribution in [2.75, 3.05) is 6.67 Å². The molecule has 0 heterocycles. The van der Waals surface area contributed by atoms with Gasteiger partial charge in [0.2, 0.25) is 0 Å². The van der Waals surface area contributed by atoms with Gasteiger partial charge in [-0.05, 0) is 117 Å². The Labute approximate surface area is 227 Å². The molecule has 2 aliphatic rings. The molecule has 0 amide bonds. The molecule has 2 aromatic rings. The van der Waals surface area contributed by atoms with Crippen molar-refractivity contribution in [1.82, 2.24) is 0 Å². The molecule has 2 aromatic carbocycles. The van der Waals surface area contributed by atoms with Crippen molar-refractivity contribution in [1.29, 1.82) is 0 Å². The van der Waals surface area contributed by atoms with Gasteiger partial charge in [0.25, 0.3) is 0 Å². The van der Waals surface area contributed by atoms with Gasteiger partial charge in [0.05, 0.1) is 6.67 Å². The van der Waals surface area contributed by atoms with E-state index in [0.717, 1.165) is 49.4 Å². The molecule has 37 heavy (non-hydrogen) atoms. The first-order chi connectivity index (χ1) is 18.2. The van der Waals surface area contributed by atoms with Crippen molar-refractivity contribution in [2.45, 2.75) is 134 Å². The fraction of sp³-hybridized carbons (Fsp3) is 0.667. The van der Waals surface area contributed by atoms with E-state index in [1.165, 1.54) is 107 Å². The standard InChI is InChI=1S/C36H53F/c1-2-3-4-5-8-29-12-20-33(21-13-29)35-24-16-31(17-25-35)10-11-32-18-26-36(27-19-32)34-22-14-30(15-23-34)9-6-7-28-37/h16-19,24-27,29-30,33-34H,2-15,20-23,28H2,1H3/t29-,30-,33-,34-. The van der Waals surface area contributed by atoms with Crippen LogP contribution in [-0.4, -0.2) is 6.67 Å². The first kappa shape index (κ1) is 28.4. The minimum Gasteiger partial charge on any atom is -0.251 e. The van der Waals surface area contributed by atoms with E-state index in [-0.39, 0.29) is 6.67 Å². The van der Waals surface area contributed by atoms with Crippen molar-refractivity contribution >= 4 is 0 Å². The molecule has 0 aromatic heterocycles. The van der Waals surface area contributed by atoms with E-state index < -0.39 is 0 Å². The van der Waals surface area contributed by atoms with Gasteiger partial charge in [-0.15, -0.1) is 0 Å². The summed E-state index contributed by atoms with van der Waals surface area (Å²) in [5.74, 6) is 3.35. The van der Waals surface area contributed by atoms with Gasteiger partial charge in [-0.2, -0.15) is 0 Å². The number of aryl methyl sites for hydroxylation is 2. The van der Waals surface area contributed by atoms with E-state index in [1.807, 2.05) is 0 Å². The molecule has 204 valence electrons. The van der Waals surface area contributed by atoms with Crippen LogP contribution in [-0.2, 0) is 12.8 Å². The molecule has 0 aliphatic heterocycles. The Morgan fingerprint density at radius 3 is 1.38 bits per heavy atom. The summed E-state index contributed by atoms with van der Waals surface area (Å²) < 4.78 is 12.4. The predicted molar refractivity (Wildman–Crippen MR) is 158 cm³/mol. The highest BCUT2D eigenvalue weighted by Gasteiger charge is 2.23. The van der Waals surface area contributed by atoms with Crippen molar-refractivity contribution < 1.29 is 4.39 Å². The Bertz CT molecular complexity index is 851. The molecule has 0 atom stereocenters. The zero-order valence-electron chi connectivity index (χ0n) is 23.7. The van der Waals surface area contributed by atoms with Crippen molar-refractivity contribution in [2.24, 2.45) is 11.8 Å². The summed E-state index contributed by atoms with van der Waals surface area (Å²) >= 11 is 0. The molecule has 1 heteroatoms. The first-order valence-electron chi connectivity index (χ1n) is 16.0. The predicted octanol–water partition coefficient (Wildman–Crippen LogP) is 11.1.